The molecule has 1 amide bonds. The Kier molecular flexibility index (Phi) is 9.18. The highest BCUT2D eigenvalue weighted by atomic mass is 16.5. The van der Waals surface area contributed by atoms with Gasteiger partial charge < -0.3 is 20.1 Å². The van der Waals surface area contributed by atoms with E-state index in [2.05, 4.69) is 51.4 Å². The van der Waals surface area contributed by atoms with Crippen LogP contribution in [0.2, 0.25) is 0 Å². The van der Waals surface area contributed by atoms with Crippen molar-refractivity contribution in [1.29, 1.82) is 0 Å². The van der Waals surface area contributed by atoms with Gasteiger partial charge in [-0.2, -0.15) is 0 Å². The molecule has 2 heterocycles. The molecule has 1 saturated heterocycles. The first-order valence-corrected chi connectivity index (χ1v) is 12.1. The Bertz CT molecular complexity index is 703. The summed E-state index contributed by atoms with van der Waals surface area (Å²) in [7, 11) is 0. The van der Waals surface area contributed by atoms with Gasteiger partial charge in [0.05, 0.1) is 5.69 Å². The van der Waals surface area contributed by atoms with Crippen molar-refractivity contribution >= 4 is 11.9 Å². The quantitative estimate of drug-likeness (QED) is 0.437. The van der Waals surface area contributed by atoms with Gasteiger partial charge in [0.15, 0.2) is 11.7 Å². The number of nitrogens with zero attached hydrogens (tertiary/aromatic N) is 4. The molecule has 0 radical (unpaired) electrons. The lowest BCUT2D eigenvalue weighted by atomic mass is 9.84. The number of aliphatic imine (C=N–C) groups is 1. The Hall–Kier alpha value is -2.09. The minimum absolute atomic E-state index is 0.308. The van der Waals surface area contributed by atoms with Crippen LogP contribution in [0.3, 0.4) is 0 Å². The van der Waals surface area contributed by atoms with Crippen molar-refractivity contribution in [2.75, 3.05) is 45.8 Å². The number of piperazine rings is 1. The summed E-state index contributed by atoms with van der Waals surface area (Å²) in [5, 5.41) is 10.9. The van der Waals surface area contributed by atoms with Crippen LogP contribution in [0.1, 0.15) is 70.2 Å². The van der Waals surface area contributed by atoms with Gasteiger partial charge in [-0.3, -0.25) is 9.69 Å². The fourth-order valence-electron chi connectivity index (χ4n) is 4.24. The molecular formula is C23H40N6O2. The molecule has 0 bridgehead atoms. The highest BCUT2D eigenvalue weighted by molar-refractivity contribution is 5.80. The molecule has 1 aliphatic heterocycles. The Morgan fingerprint density at radius 2 is 1.94 bits per heavy atom. The molecule has 2 fully saturated rings. The van der Waals surface area contributed by atoms with Crippen molar-refractivity contribution < 1.29 is 9.32 Å². The van der Waals surface area contributed by atoms with Crippen molar-refractivity contribution in [3.05, 3.63) is 17.5 Å². The van der Waals surface area contributed by atoms with E-state index in [1.54, 1.807) is 0 Å². The van der Waals surface area contributed by atoms with E-state index in [4.69, 9.17) is 4.52 Å². The molecule has 0 spiro atoms. The van der Waals surface area contributed by atoms with E-state index in [9.17, 15) is 4.79 Å². The summed E-state index contributed by atoms with van der Waals surface area (Å²) in [6.07, 6.45) is 5.52. The number of carbonyl (C=O) groups is 1. The van der Waals surface area contributed by atoms with Crippen LogP contribution in [0.5, 0.6) is 0 Å². The van der Waals surface area contributed by atoms with Crippen LogP contribution in [-0.4, -0.2) is 72.6 Å². The second-order valence-electron chi connectivity index (χ2n) is 8.65. The highest BCUT2D eigenvalue weighted by Gasteiger charge is 2.31. The molecule has 2 N–H and O–H groups in total. The number of guanidine groups is 1. The van der Waals surface area contributed by atoms with Crippen LogP contribution in [0.25, 0.3) is 0 Å². The van der Waals surface area contributed by atoms with E-state index in [-0.39, 0.29) is 0 Å². The average molecular weight is 433 g/mol. The third-order valence-corrected chi connectivity index (χ3v) is 6.58. The zero-order valence-corrected chi connectivity index (χ0v) is 19.5. The fourth-order valence-corrected chi connectivity index (χ4v) is 4.24. The normalized spacial score (nSPS) is 18.3. The molecule has 174 valence electrons. The maximum atomic E-state index is 12.4. The molecule has 3 rings (SSSR count). The van der Waals surface area contributed by atoms with E-state index in [1.807, 2.05) is 6.07 Å². The van der Waals surface area contributed by atoms with E-state index in [0.717, 1.165) is 88.9 Å². The molecule has 0 unspecified atom stereocenters. The Balaban J connectivity index is 1.39. The summed E-state index contributed by atoms with van der Waals surface area (Å²) in [5.74, 6) is 2.73. The number of nitrogens with one attached hydrogen (secondary N) is 2. The molecule has 2 aliphatic rings. The molecule has 1 saturated carbocycles. The van der Waals surface area contributed by atoms with Gasteiger partial charge in [0.1, 0.15) is 6.54 Å². The standard InChI is InChI=1S/C23H40N6O2/c1-4-18(5-2)21-16-20(31-27-21)17-26-23(24-6-3)25-10-11-28-12-14-29(15-13-28)22(30)19-8-7-9-19/h16,18-19H,4-15,17H2,1-3H3,(H2,24,25,26). The first-order valence-electron chi connectivity index (χ1n) is 12.1. The fraction of sp³-hybridized carbons (Fsp3) is 0.783. The Morgan fingerprint density at radius 3 is 2.55 bits per heavy atom. The lowest BCUT2D eigenvalue weighted by Crippen LogP contribution is -2.52. The molecule has 1 aromatic heterocycles. The minimum atomic E-state index is 0.308. The maximum absolute atomic E-state index is 12.4. The second-order valence-corrected chi connectivity index (χ2v) is 8.65. The van der Waals surface area contributed by atoms with Gasteiger partial charge >= 0.3 is 0 Å². The van der Waals surface area contributed by atoms with Crippen molar-refractivity contribution in [1.82, 2.24) is 25.6 Å². The topological polar surface area (TPSA) is 86.0 Å². The number of aromatic nitrogens is 1. The minimum Gasteiger partial charge on any atom is -0.359 e. The number of hydrogen-bond acceptors (Lipinski definition) is 5. The van der Waals surface area contributed by atoms with Gasteiger partial charge in [0.2, 0.25) is 5.91 Å². The summed E-state index contributed by atoms with van der Waals surface area (Å²) in [4.78, 5) is 21.5. The van der Waals surface area contributed by atoms with Crippen molar-refractivity contribution in [3.63, 3.8) is 0 Å². The number of carbonyl (C=O) groups excluding carboxylic acids is 1. The number of hydrogen-bond donors (Lipinski definition) is 2. The van der Waals surface area contributed by atoms with E-state index in [0.29, 0.717) is 24.3 Å². The zero-order valence-electron chi connectivity index (χ0n) is 19.5. The van der Waals surface area contributed by atoms with Crippen LogP contribution >= 0.6 is 0 Å². The van der Waals surface area contributed by atoms with Crippen molar-refractivity contribution in [2.45, 2.75) is 65.3 Å². The van der Waals surface area contributed by atoms with Crippen LogP contribution < -0.4 is 10.6 Å². The van der Waals surface area contributed by atoms with Crippen LogP contribution in [0.15, 0.2) is 15.6 Å². The van der Waals surface area contributed by atoms with Crippen molar-refractivity contribution in [3.8, 4) is 0 Å². The van der Waals surface area contributed by atoms with E-state index >= 15 is 0 Å². The summed E-state index contributed by atoms with van der Waals surface area (Å²) < 4.78 is 5.48. The van der Waals surface area contributed by atoms with Gasteiger partial charge in [0.25, 0.3) is 0 Å². The van der Waals surface area contributed by atoms with Gasteiger partial charge in [0, 0.05) is 63.7 Å². The molecule has 0 atom stereocenters. The second kappa shape index (κ2) is 12.1. The van der Waals surface area contributed by atoms with Crippen molar-refractivity contribution in [2.24, 2.45) is 10.9 Å². The molecule has 1 aliphatic carbocycles. The van der Waals surface area contributed by atoms with Gasteiger partial charge in [-0.05, 0) is 32.6 Å². The average Bonchev–Trinajstić information content (AvgIpc) is 3.21. The number of amides is 1. The maximum Gasteiger partial charge on any atom is 0.225 e. The molecule has 1 aromatic rings. The number of rotatable bonds is 10. The SMILES string of the molecule is CCNC(=NCc1cc(C(CC)CC)no1)NCCN1CCN(C(=O)C2CCC2)CC1. The first kappa shape index (κ1) is 23.6. The molecular weight excluding hydrogens is 392 g/mol. The molecule has 8 heteroatoms. The van der Waals surface area contributed by atoms with Crippen LogP contribution in [0, 0.1) is 5.92 Å². The predicted octanol–water partition coefficient (Wildman–Crippen LogP) is 2.58. The van der Waals surface area contributed by atoms with E-state index in [1.165, 1.54) is 6.42 Å². The zero-order chi connectivity index (χ0) is 22.1. The third-order valence-electron chi connectivity index (χ3n) is 6.58. The monoisotopic (exact) mass is 432 g/mol. The molecule has 8 nitrogen and oxygen atoms in total. The first-order chi connectivity index (χ1) is 15.1. The summed E-state index contributed by atoms with van der Waals surface area (Å²) in [6, 6.07) is 2.04. The van der Waals surface area contributed by atoms with Crippen LogP contribution in [-0.2, 0) is 11.3 Å². The smallest absolute Gasteiger partial charge is 0.225 e. The lowest BCUT2D eigenvalue weighted by Gasteiger charge is -2.38. The largest absolute Gasteiger partial charge is 0.359 e. The van der Waals surface area contributed by atoms with Gasteiger partial charge in [-0.25, -0.2) is 4.99 Å². The van der Waals surface area contributed by atoms with Gasteiger partial charge in [-0.15, -0.1) is 0 Å². The lowest BCUT2D eigenvalue weighted by molar-refractivity contribution is -0.139. The van der Waals surface area contributed by atoms with Crippen LogP contribution in [0.4, 0.5) is 0 Å². The van der Waals surface area contributed by atoms with E-state index < -0.39 is 0 Å². The predicted molar refractivity (Wildman–Crippen MR) is 123 cm³/mol. The Labute approximate surface area is 186 Å². The molecule has 0 aromatic carbocycles. The summed E-state index contributed by atoms with van der Waals surface area (Å²) in [5.41, 5.74) is 1.03. The Morgan fingerprint density at radius 1 is 1.19 bits per heavy atom. The highest BCUT2D eigenvalue weighted by Crippen LogP contribution is 2.28. The molecule has 31 heavy (non-hydrogen) atoms. The van der Waals surface area contributed by atoms with Gasteiger partial charge in [-0.1, -0.05) is 25.4 Å². The summed E-state index contributed by atoms with van der Waals surface area (Å²) in [6.45, 7) is 13.1. The third kappa shape index (κ3) is 6.69. The summed E-state index contributed by atoms with van der Waals surface area (Å²) >= 11 is 0.